The Kier molecular flexibility index (Phi) is 6.58. The molecule has 8 nitrogen and oxygen atoms in total. The van der Waals surface area contributed by atoms with E-state index in [1.165, 1.54) is 0 Å². The smallest absolute Gasteiger partial charge is 0.338 e. The summed E-state index contributed by atoms with van der Waals surface area (Å²) in [5.74, 6) is -0.265. The zero-order valence-electron chi connectivity index (χ0n) is 17.6. The van der Waals surface area contributed by atoms with Gasteiger partial charge in [-0.15, -0.1) is 0 Å². The van der Waals surface area contributed by atoms with Crippen LogP contribution in [-0.4, -0.2) is 36.6 Å². The molecule has 0 fully saturated rings. The summed E-state index contributed by atoms with van der Waals surface area (Å²) in [7, 11) is 0. The molecule has 0 aliphatic carbocycles. The molecule has 0 saturated carbocycles. The maximum Gasteiger partial charge on any atom is 0.338 e. The van der Waals surface area contributed by atoms with Gasteiger partial charge in [-0.05, 0) is 24.1 Å². The molecular formula is C24H22N4O4. The number of nitrogens with one attached hydrogen (secondary N) is 1. The summed E-state index contributed by atoms with van der Waals surface area (Å²) in [4.78, 5) is 24.9. The van der Waals surface area contributed by atoms with E-state index in [9.17, 15) is 4.79 Å². The lowest BCUT2D eigenvalue weighted by Gasteiger charge is -2.07. The molecule has 2 heterocycles. The van der Waals surface area contributed by atoms with Crippen LogP contribution in [0.1, 0.15) is 30.9 Å². The van der Waals surface area contributed by atoms with Crippen LogP contribution in [0.25, 0.3) is 21.6 Å². The van der Waals surface area contributed by atoms with E-state index in [2.05, 4.69) is 27.1 Å². The zero-order valence-corrected chi connectivity index (χ0v) is 17.6. The van der Waals surface area contributed by atoms with Crippen molar-refractivity contribution in [1.29, 1.82) is 0 Å². The average molecular weight is 430 g/mol. The summed E-state index contributed by atoms with van der Waals surface area (Å²) < 4.78 is 16.3. The SMILES string of the molecule is [C-]#[N+]C(C(=O)OCCOCCCC)=C1NC(=Nc2nc3ccccc3o2)c2ccccc21. The number of aromatic nitrogens is 1. The number of carbonyl (C=O) groups excluding carboxylic acids is 1. The Balaban J connectivity index is 1.58. The minimum absolute atomic E-state index is 0.0837. The summed E-state index contributed by atoms with van der Waals surface area (Å²) in [5.41, 5.74) is 2.95. The monoisotopic (exact) mass is 430 g/mol. The van der Waals surface area contributed by atoms with Gasteiger partial charge in [0.2, 0.25) is 0 Å². The van der Waals surface area contributed by atoms with Crippen LogP contribution in [0, 0.1) is 6.57 Å². The Morgan fingerprint density at radius 3 is 2.69 bits per heavy atom. The average Bonchev–Trinajstić information content (AvgIpc) is 3.38. The van der Waals surface area contributed by atoms with Gasteiger partial charge < -0.3 is 19.2 Å². The maximum absolute atomic E-state index is 12.6. The van der Waals surface area contributed by atoms with Crippen molar-refractivity contribution in [2.75, 3.05) is 19.8 Å². The zero-order chi connectivity index (χ0) is 22.3. The predicted molar refractivity (Wildman–Crippen MR) is 120 cm³/mol. The Labute approximate surface area is 185 Å². The van der Waals surface area contributed by atoms with E-state index >= 15 is 0 Å². The van der Waals surface area contributed by atoms with Crippen LogP contribution in [0.15, 0.2) is 63.6 Å². The molecule has 0 unspecified atom stereocenters. The molecule has 0 atom stereocenters. The second kappa shape index (κ2) is 9.90. The number of ether oxygens (including phenoxy) is 2. The molecule has 0 bridgehead atoms. The molecule has 0 amide bonds. The van der Waals surface area contributed by atoms with E-state index in [1.807, 2.05) is 48.5 Å². The maximum atomic E-state index is 12.6. The van der Waals surface area contributed by atoms with E-state index in [0.717, 1.165) is 18.4 Å². The number of esters is 1. The summed E-state index contributed by atoms with van der Waals surface area (Å²) in [6.45, 7) is 10.6. The third-order valence-corrected chi connectivity index (χ3v) is 4.83. The molecule has 162 valence electrons. The van der Waals surface area contributed by atoms with Gasteiger partial charge in [-0.3, -0.25) is 4.79 Å². The summed E-state index contributed by atoms with van der Waals surface area (Å²) in [6.07, 6.45) is 1.99. The molecule has 0 saturated heterocycles. The largest absolute Gasteiger partial charge is 0.468 e. The number of carbonyl (C=O) groups is 1. The standard InChI is InChI=1S/C24H22N4O4/c1-3-4-13-30-14-15-31-23(29)21(25-2)20-16-9-5-6-10-17(16)22(27-20)28-24-26-18-11-7-8-12-19(18)32-24/h5-12H,3-4,13-15H2,1H3,(H,26,27,28). The Hall–Kier alpha value is -3.96. The molecule has 0 radical (unpaired) electrons. The second-order valence-electron chi connectivity index (χ2n) is 7.03. The molecule has 4 rings (SSSR count). The fourth-order valence-corrected chi connectivity index (χ4v) is 3.25. The lowest BCUT2D eigenvalue weighted by atomic mass is 10.1. The third-order valence-electron chi connectivity index (χ3n) is 4.83. The molecular weight excluding hydrogens is 408 g/mol. The van der Waals surface area contributed by atoms with Crippen LogP contribution < -0.4 is 5.32 Å². The minimum atomic E-state index is -0.709. The fraction of sp³-hybridized carbons (Fsp3) is 0.250. The quantitative estimate of drug-likeness (QED) is 0.246. The summed E-state index contributed by atoms with van der Waals surface area (Å²) >= 11 is 0. The van der Waals surface area contributed by atoms with Crippen molar-refractivity contribution < 1.29 is 18.7 Å². The molecule has 3 aromatic rings. The van der Waals surface area contributed by atoms with Crippen LogP contribution in [0.2, 0.25) is 0 Å². The van der Waals surface area contributed by atoms with E-state index in [0.29, 0.717) is 41.4 Å². The van der Waals surface area contributed by atoms with Crippen molar-refractivity contribution in [2.45, 2.75) is 19.8 Å². The number of oxazole rings is 1. The molecule has 8 heteroatoms. The van der Waals surface area contributed by atoms with E-state index in [4.69, 9.17) is 20.5 Å². The number of rotatable bonds is 8. The number of hydrogen-bond donors (Lipinski definition) is 1. The van der Waals surface area contributed by atoms with E-state index in [1.54, 1.807) is 0 Å². The van der Waals surface area contributed by atoms with Crippen molar-refractivity contribution in [3.05, 3.63) is 76.8 Å². The molecule has 2 aromatic carbocycles. The highest BCUT2D eigenvalue weighted by Crippen LogP contribution is 2.30. The highest BCUT2D eigenvalue weighted by Gasteiger charge is 2.29. The molecule has 1 N–H and O–H groups in total. The lowest BCUT2D eigenvalue weighted by molar-refractivity contribution is -0.140. The highest BCUT2D eigenvalue weighted by molar-refractivity contribution is 6.16. The van der Waals surface area contributed by atoms with E-state index in [-0.39, 0.29) is 18.3 Å². The minimum Gasteiger partial charge on any atom is -0.468 e. The first-order valence-electron chi connectivity index (χ1n) is 10.4. The Bertz CT molecular complexity index is 1200. The second-order valence-corrected chi connectivity index (χ2v) is 7.03. The van der Waals surface area contributed by atoms with Gasteiger partial charge in [-0.2, -0.15) is 9.98 Å². The van der Waals surface area contributed by atoms with Gasteiger partial charge in [-0.25, -0.2) is 4.85 Å². The van der Waals surface area contributed by atoms with Crippen LogP contribution in [0.3, 0.4) is 0 Å². The van der Waals surface area contributed by atoms with Gasteiger partial charge in [0.05, 0.1) is 18.9 Å². The van der Waals surface area contributed by atoms with Gasteiger partial charge in [0, 0.05) is 12.2 Å². The molecule has 0 spiro atoms. The van der Waals surface area contributed by atoms with Crippen LogP contribution in [-0.2, 0) is 14.3 Å². The normalized spacial score (nSPS) is 15.3. The van der Waals surface area contributed by atoms with Gasteiger partial charge in [0.15, 0.2) is 5.58 Å². The van der Waals surface area contributed by atoms with Gasteiger partial charge in [-0.1, -0.05) is 49.7 Å². The van der Waals surface area contributed by atoms with Gasteiger partial charge in [0.25, 0.3) is 5.70 Å². The molecule has 1 aliphatic heterocycles. The van der Waals surface area contributed by atoms with Gasteiger partial charge >= 0.3 is 12.0 Å². The number of fused-ring (bicyclic) bond motifs is 2. The van der Waals surface area contributed by atoms with Crippen molar-refractivity contribution >= 4 is 34.6 Å². The first-order chi connectivity index (χ1) is 15.7. The van der Waals surface area contributed by atoms with E-state index < -0.39 is 5.97 Å². The van der Waals surface area contributed by atoms with Crippen molar-refractivity contribution in [1.82, 2.24) is 10.3 Å². The molecule has 1 aliphatic rings. The Morgan fingerprint density at radius 2 is 1.91 bits per heavy atom. The Morgan fingerprint density at radius 1 is 1.12 bits per heavy atom. The summed E-state index contributed by atoms with van der Waals surface area (Å²) in [5, 5.41) is 3.08. The molecule has 1 aromatic heterocycles. The van der Waals surface area contributed by atoms with Crippen molar-refractivity contribution in [3.63, 3.8) is 0 Å². The van der Waals surface area contributed by atoms with Crippen molar-refractivity contribution in [2.24, 2.45) is 4.99 Å². The van der Waals surface area contributed by atoms with Crippen molar-refractivity contribution in [3.8, 4) is 0 Å². The number of para-hydroxylation sites is 2. The number of amidine groups is 1. The topological polar surface area (TPSA) is 90.3 Å². The number of unbranched alkanes of at least 4 members (excludes halogenated alkanes) is 1. The highest BCUT2D eigenvalue weighted by atomic mass is 16.6. The van der Waals surface area contributed by atoms with Crippen LogP contribution >= 0.6 is 0 Å². The predicted octanol–water partition coefficient (Wildman–Crippen LogP) is 4.46. The third kappa shape index (κ3) is 4.53. The number of benzene rings is 2. The molecule has 32 heavy (non-hydrogen) atoms. The number of hydrogen-bond acceptors (Lipinski definition) is 6. The number of nitrogens with zero attached hydrogens (tertiary/aromatic N) is 3. The fourth-order valence-electron chi connectivity index (χ4n) is 3.25. The summed E-state index contributed by atoms with van der Waals surface area (Å²) in [6, 6.07) is 14.9. The van der Waals surface area contributed by atoms with Gasteiger partial charge in [0.1, 0.15) is 18.0 Å². The first-order valence-corrected chi connectivity index (χ1v) is 10.4. The van der Waals surface area contributed by atoms with Crippen LogP contribution in [0.4, 0.5) is 6.01 Å². The first kappa shape index (κ1) is 21.3. The number of aliphatic imine (C=N–C) groups is 1. The van der Waals surface area contributed by atoms with Crippen LogP contribution in [0.5, 0.6) is 0 Å². The lowest BCUT2D eigenvalue weighted by Crippen LogP contribution is -2.18.